The minimum Gasteiger partial charge on any atom is -1.00 e. The first-order valence-corrected chi connectivity index (χ1v) is 11.7. The second-order valence-corrected chi connectivity index (χ2v) is 10.4. The van der Waals surface area contributed by atoms with Crippen LogP contribution in [0.1, 0.15) is 34.6 Å². The maximum atomic E-state index is 12.5. The fraction of sp³-hybridized carbons (Fsp3) is 0.238. The number of fused-ring (bicyclic) bond motifs is 3. The largest absolute Gasteiger partial charge is 1.00 e. The van der Waals surface area contributed by atoms with Crippen LogP contribution in [0.15, 0.2) is 52.7 Å². The number of thioether (sulfide) groups is 1. The van der Waals surface area contributed by atoms with Crippen molar-refractivity contribution in [1.29, 1.82) is 0 Å². The first-order valence-electron chi connectivity index (χ1n) is 8.52. The van der Waals surface area contributed by atoms with E-state index in [1.807, 2.05) is 40.7 Å². The molecule has 0 aliphatic carbocycles. The van der Waals surface area contributed by atoms with E-state index in [0.717, 1.165) is 5.56 Å². The summed E-state index contributed by atoms with van der Waals surface area (Å²) in [6.07, 6.45) is 0. The van der Waals surface area contributed by atoms with E-state index in [2.05, 4.69) is 44.3 Å². The van der Waals surface area contributed by atoms with Gasteiger partial charge in [-0.25, -0.2) is 0 Å². The van der Waals surface area contributed by atoms with E-state index in [4.69, 9.17) is 0 Å². The van der Waals surface area contributed by atoms with Gasteiger partial charge in [-0.1, -0.05) is 53.7 Å². The Morgan fingerprint density at radius 3 is 2.67 bits per heavy atom. The summed E-state index contributed by atoms with van der Waals surface area (Å²) in [7, 11) is 3.61. The number of halogens is 1. The molecule has 2 aromatic carbocycles. The van der Waals surface area contributed by atoms with Crippen molar-refractivity contribution in [3.63, 3.8) is 0 Å². The summed E-state index contributed by atoms with van der Waals surface area (Å²) in [5.74, 6) is 0.652. The lowest BCUT2D eigenvalue weighted by Gasteiger charge is -2.32. The van der Waals surface area contributed by atoms with Crippen LogP contribution in [0.5, 0.6) is 0 Å². The summed E-state index contributed by atoms with van der Waals surface area (Å²) in [6.45, 7) is 6.57. The average Bonchev–Trinajstić information content (AvgIpc) is 3.06. The lowest BCUT2D eigenvalue weighted by atomic mass is 9.89. The van der Waals surface area contributed by atoms with Crippen molar-refractivity contribution in [1.82, 2.24) is 0 Å². The molecule has 140 valence electrons. The van der Waals surface area contributed by atoms with Crippen molar-refractivity contribution in [2.75, 3.05) is 11.1 Å². The van der Waals surface area contributed by atoms with Gasteiger partial charge in [0.1, 0.15) is 4.88 Å². The van der Waals surface area contributed by atoms with Crippen LogP contribution >= 0.6 is 32.4 Å². The Labute approximate surface area is 182 Å². The molecule has 0 amide bonds. The third-order valence-corrected chi connectivity index (χ3v) is 8.88. The Bertz CT molecular complexity index is 982. The van der Waals surface area contributed by atoms with Crippen molar-refractivity contribution < 1.29 is 21.8 Å². The van der Waals surface area contributed by atoms with Gasteiger partial charge in [0.2, 0.25) is 0 Å². The van der Waals surface area contributed by atoms with Gasteiger partial charge >= 0.3 is 10.3 Å². The van der Waals surface area contributed by atoms with Crippen molar-refractivity contribution in [2.45, 2.75) is 30.5 Å². The Hall–Kier alpha value is -1.21. The van der Waals surface area contributed by atoms with E-state index in [9.17, 15) is 4.79 Å². The van der Waals surface area contributed by atoms with E-state index in [1.54, 1.807) is 22.1 Å². The molecular weight excluding hydrogens is 458 g/mol. The number of hydrogen-bond acceptors (Lipinski definition) is 4. The number of aryl methyl sites for hydroxylation is 1. The zero-order valence-corrected chi connectivity index (χ0v) is 19.4. The van der Waals surface area contributed by atoms with E-state index >= 15 is 0 Å². The molecular formula is C21H20BrNOS3. The van der Waals surface area contributed by atoms with Crippen LogP contribution in [0.2, 0.25) is 0 Å². The zero-order valence-electron chi connectivity index (χ0n) is 15.3. The number of carbonyl (C=O) groups excluding carboxylic acids is 1. The molecule has 0 atom stereocenters. The Kier molecular flexibility index (Phi) is 6.11. The number of rotatable bonds is 4. The number of ketones is 1. The predicted molar refractivity (Wildman–Crippen MR) is 115 cm³/mol. The highest BCUT2D eigenvalue weighted by Crippen LogP contribution is 2.53. The molecule has 0 bridgehead atoms. The molecule has 1 aromatic heterocycles. The molecule has 0 unspecified atom stereocenters. The average molecular weight is 479 g/mol. The number of Topliss-reactive ketones (excluding diaryl/α,β-unsaturated/α-hetero) is 1. The number of hydrogen-bond donors (Lipinski definition) is 1. The van der Waals surface area contributed by atoms with Gasteiger partial charge in [0.25, 0.3) is 4.21 Å². The number of anilines is 1. The van der Waals surface area contributed by atoms with Crippen molar-refractivity contribution in [3.8, 4) is 11.1 Å². The van der Waals surface area contributed by atoms with Crippen LogP contribution < -0.4 is 22.3 Å². The molecule has 3 aromatic rings. The lowest BCUT2D eigenvalue weighted by molar-refractivity contribution is -0.0000131. The second kappa shape index (κ2) is 8.03. The maximum Gasteiger partial charge on any atom is 0.308 e. The molecule has 27 heavy (non-hydrogen) atoms. The van der Waals surface area contributed by atoms with Crippen LogP contribution in [-0.2, 0) is 5.54 Å². The monoisotopic (exact) mass is 477 g/mol. The lowest BCUT2D eigenvalue weighted by Crippen LogP contribution is -3.00. The first-order chi connectivity index (χ1) is 12.5. The van der Waals surface area contributed by atoms with E-state index in [0.29, 0.717) is 5.75 Å². The van der Waals surface area contributed by atoms with Crippen LogP contribution in [0.3, 0.4) is 0 Å². The maximum absolute atomic E-state index is 12.5. The molecule has 0 fully saturated rings. The Morgan fingerprint density at radius 2 is 1.93 bits per heavy atom. The standard InChI is InChI=1S/C21H20NOS3.BrH/c1-13-9-10-16-15(11-13)18-19(21(2,3)22-16)25-26-20(18)24-12-17(23)14-7-5-4-6-8-14;/h4-11,22H,12H2,1-3H3;1H/q+1;/p-1. The van der Waals surface area contributed by atoms with Crippen molar-refractivity contribution >= 4 is 43.9 Å². The van der Waals surface area contributed by atoms with Gasteiger partial charge in [0.15, 0.2) is 16.1 Å². The summed E-state index contributed by atoms with van der Waals surface area (Å²) in [5, 5.41) is 3.66. The fourth-order valence-electron chi connectivity index (χ4n) is 3.21. The molecule has 0 saturated heterocycles. The van der Waals surface area contributed by atoms with Crippen LogP contribution in [0.25, 0.3) is 11.1 Å². The Morgan fingerprint density at radius 1 is 1.19 bits per heavy atom. The van der Waals surface area contributed by atoms with Gasteiger partial charge < -0.3 is 22.3 Å². The van der Waals surface area contributed by atoms with Crippen molar-refractivity contribution in [2.24, 2.45) is 0 Å². The smallest absolute Gasteiger partial charge is 0.308 e. The summed E-state index contributed by atoms with van der Waals surface area (Å²) in [4.78, 5) is 13.9. The number of carbonyl (C=O) groups is 1. The molecule has 2 heterocycles. The summed E-state index contributed by atoms with van der Waals surface area (Å²) >= 11 is 1.67. The molecule has 6 heteroatoms. The molecule has 0 spiro atoms. The molecule has 2 nitrogen and oxygen atoms in total. The van der Waals surface area contributed by atoms with Crippen molar-refractivity contribution in [3.05, 3.63) is 64.5 Å². The van der Waals surface area contributed by atoms with Gasteiger partial charge in [0.05, 0.1) is 16.9 Å². The van der Waals surface area contributed by atoms with Gasteiger partial charge in [0, 0.05) is 16.8 Å². The molecule has 0 saturated carbocycles. The van der Waals surface area contributed by atoms with E-state index in [-0.39, 0.29) is 28.3 Å². The SMILES string of the molecule is Cc1ccc2c(c1)-c1c(s[s+]c1SCC(=O)c1ccccc1)C(C)(C)N2.[Br-]. The quantitative estimate of drug-likeness (QED) is 0.268. The highest BCUT2D eigenvalue weighted by atomic mass is 79.9. The van der Waals surface area contributed by atoms with Gasteiger partial charge in [-0.05, 0) is 32.9 Å². The molecule has 1 aliphatic heterocycles. The zero-order chi connectivity index (χ0) is 18.3. The minimum absolute atomic E-state index is 0. The fourth-order valence-corrected chi connectivity index (χ4v) is 7.84. The summed E-state index contributed by atoms with van der Waals surface area (Å²) < 4.78 is 1.25. The van der Waals surface area contributed by atoms with Crippen LogP contribution in [0, 0.1) is 6.92 Å². The molecule has 1 N–H and O–H groups in total. The van der Waals surface area contributed by atoms with Gasteiger partial charge in [-0.3, -0.25) is 4.79 Å². The predicted octanol–water partition coefficient (Wildman–Crippen LogP) is 3.71. The first kappa shape index (κ1) is 20.5. The minimum atomic E-state index is -0.0962. The molecule has 4 rings (SSSR count). The number of benzene rings is 2. The molecule has 0 radical (unpaired) electrons. The highest BCUT2D eigenvalue weighted by Gasteiger charge is 2.40. The van der Waals surface area contributed by atoms with E-state index in [1.165, 1.54) is 31.5 Å². The van der Waals surface area contributed by atoms with E-state index < -0.39 is 0 Å². The normalized spacial score (nSPS) is 13.7. The highest BCUT2D eigenvalue weighted by molar-refractivity contribution is 8.03. The third kappa shape index (κ3) is 3.99. The summed E-state index contributed by atoms with van der Waals surface area (Å²) in [5.41, 5.74) is 5.69. The van der Waals surface area contributed by atoms with Crippen LogP contribution in [0.4, 0.5) is 5.69 Å². The molecule has 1 aliphatic rings. The third-order valence-electron chi connectivity index (χ3n) is 4.52. The van der Waals surface area contributed by atoms with Gasteiger partial charge in [-0.15, -0.1) is 0 Å². The summed E-state index contributed by atoms with van der Waals surface area (Å²) in [6, 6.07) is 16.1. The van der Waals surface area contributed by atoms with Crippen LogP contribution in [-0.4, -0.2) is 11.5 Å². The second-order valence-electron chi connectivity index (χ2n) is 7.04. The Balaban J connectivity index is 0.00000210. The number of nitrogens with one attached hydrogen (secondary N) is 1. The van der Waals surface area contributed by atoms with Gasteiger partial charge in [-0.2, -0.15) is 0 Å². The topological polar surface area (TPSA) is 29.1 Å².